The minimum atomic E-state index is -4.67. The standard InChI is InChI=1S/CH2O3.2Na.2H2O4S.2H/c2-1(3)4;;;2*1-5(2,3)4;;/h(H2,2,3,4);;;2*(H2,1,2,3,4);;/q;2*+1;;;2*-1. The first-order valence-electron chi connectivity index (χ1n) is 2.05. The Labute approximate surface area is 138 Å². The van der Waals surface area contributed by atoms with Gasteiger partial charge in [0.05, 0.1) is 0 Å². The zero-order valence-electron chi connectivity index (χ0n) is 10.0. The molecule has 0 aliphatic rings. The van der Waals surface area contributed by atoms with Crippen LogP contribution in [0.2, 0.25) is 0 Å². The van der Waals surface area contributed by atoms with Gasteiger partial charge in [0.2, 0.25) is 0 Å². The number of hydrogen-bond acceptors (Lipinski definition) is 5. The van der Waals surface area contributed by atoms with Gasteiger partial charge in [-0.3, -0.25) is 18.2 Å². The third kappa shape index (κ3) is 2890. The molecule has 0 bridgehead atoms. The summed E-state index contributed by atoms with van der Waals surface area (Å²) in [6, 6.07) is 0. The Kier molecular flexibility index (Phi) is 26.6. The van der Waals surface area contributed by atoms with Gasteiger partial charge in [0.25, 0.3) is 0 Å². The third-order valence-corrected chi connectivity index (χ3v) is 0. The number of carboxylic acid groups (broad SMARTS) is 2. The molecule has 0 rings (SSSR count). The van der Waals surface area contributed by atoms with Gasteiger partial charge in [-0.05, 0) is 0 Å². The van der Waals surface area contributed by atoms with Crippen LogP contribution in [0.25, 0.3) is 0 Å². The first kappa shape index (κ1) is 30.2. The summed E-state index contributed by atoms with van der Waals surface area (Å²) in [5.74, 6) is 0. The molecule has 92 valence electrons. The van der Waals surface area contributed by atoms with E-state index in [1.54, 1.807) is 0 Å². The molecule has 15 heteroatoms. The van der Waals surface area contributed by atoms with E-state index >= 15 is 0 Å². The summed E-state index contributed by atoms with van der Waals surface area (Å²) >= 11 is 0. The van der Waals surface area contributed by atoms with Crippen molar-refractivity contribution in [3.05, 3.63) is 0 Å². The van der Waals surface area contributed by atoms with Crippen LogP contribution in [-0.2, 0) is 20.8 Å². The molecule has 0 amide bonds. The second kappa shape index (κ2) is 14.1. The maximum Gasteiger partial charge on any atom is 1.00 e. The number of rotatable bonds is 0. The molecule has 0 fully saturated rings. The monoisotopic (exact) mass is 306 g/mol. The van der Waals surface area contributed by atoms with E-state index in [-0.39, 0.29) is 62.0 Å². The second-order valence-electron chi connectivity index (χ2n) is 1.18. The Hall–Kier alpha value is 1.01. The van der Waals surface area contributed by atoms with Crippen molar-refractivity contribution in [1.82, 2.24) is 0 Å². The fraction of sp³-hybridized carbons (Fsp3) is 0. The molecule has 0 aromatic heterocycles. The SMILES string of the molecule is O=C(O)O.O=S(=O)(O)O.O=S(=O)(O)O.[H-].[H-].[Na+].[Na+]. The van der Waals surface area contributed by atoms with Crippen molar-refractivity contribution in [2.45, 2.75) is 0 Å². The number of hydrogen-bond donors (Lipinski definition) is 6. The van der Waals surface area contributed by atoms with Crippen LogP contribution in [-0.4, -0.2) is 51.4 Å². The molecule has 0 aromatic rings. The van der Waals surface area contributed by atoms with Gasteiger partial charge in [-0.25, -0.2) is 4.79 Å². The summed E-state index contributed by atoms with van der Waals surface area (Å²) in [5.41, 5.74) is 0. The van der Waals surface area contributed by atoms with E-state index in [0.29, 0.717) is 0 Å². The molecule has 0 saturated heterocycles. The van der Waals surface area contributed by atoms with Crippen LogP contribution in [0.4, 0.5) is 4.79 Å². The molecule has 0 aliphatic carbocycles. The first-order chi connectivity index (χ1) is 5.73. The van der Waals surface area contributed by atoms with Crippen LogP contribution >= 0.6 is 0 Å². The van der Waals surface area contributed by atoms with E-state index < -0.39 is 27.0 Å². The average molecular weight is 306 g/mol. The molecule has 0 atom stereocenters. The fourth-order valence-electron chi connectivity index (χ4n) is 0. The van der Waals surface area contributed by atoms with E-state index in [9.17, 15) is 0 Å². The normalized spacial score (nSPS) is 8.75. The van der Waals surface area contributed by atoms with E-state index in [2.05, 4.69) is 0 Å². The van der Waals surface area contributed by atoms with Gasteiger partial charge < -0.3 is 13.1 Å². The third-order valence-electron chi connectivity index (χ3n) is 0. The summed E-state index contributed by atoms with van der Waals surface area (Å²) in [5, 5.41) is 13.9. The van der Waals surface area contributed by atoms with Gasteiger partial charge in [-0.15, -0.1) is 0 Å². The van der Waals surface area contributed by atoms with Crippen LogP contribution in [0.3, 0.4) is 0 Å². The Balaban J connectivity index is -0.0000000183. The first-order valence-corrected chi connectivity index (χ1v) is 4.84. The Morgan fingerprint density at radius 1 is 0.750 bits per heavy atom. The summed E-state index contributed by atoms with van der Waals surface area (Å²) in [7, 11) is -9.33. The maximum atomic E-state index is 8.74. The summed E-state index contributed by atoms with van der Waals surface area (Å²) in [6.07, 6.45) is -1.83. The molecule has 16 heavy (non-hydrogen) atoms. The van der Waals surface area contributed by atoms with E-state index in [1.807, 2.05) is 0 Å². The predicted octanol–water partition coefficient (Wildman–Crippen LogP) is -6.85. The molecule has 11 nitrogen and oxygen atoms in total. The Morgan fingerprint density at radius 2 is 0.750 bits per heavy atom. The molecular formula is CH8Na2O11S2. The molecule has 0 heterocycles. The van der Waals surface area contributed by atoms with Crippen molar-refractivity contribution in [2.75, 3.05) is 0 Å². The van der Waals surface area contributed by atoms with Crippen LogP contribution < -0.4 is 59.1 Å². The molecular weight excluding hydrogens is 298 g/mol. The largest absolute Gasteiger partial charge is 1.00 e. The number of carbonyl (C=O) groups is 1. The molecule has 6 N–H and O–H groups in total. The average Bonchev–Trinajstić information content (AvgIpc) is 1.45. The van der Waals surface area contributed by atoms with E-state index in [0.717, 1.165) is 0 Å². The zero-order chi connectivity index (χ0) is 12.6. The minimum Gasteiger partial charge on any atom is -1.00 e. The predicted molar refractivity (Wildman–Crippen MR) is 41.2 cm³/mol. The van der Waals surface area contributed by atoms with Gasteiger partial charge in [0.15, 0.2) is 0 Å². The van der Waals surface area contributed by atoms with Crippen molar-refractivity contribution in [1.29, 1.82) is 0 Å². The van der Waals surface area contributed by atoms with Crippen LogP contribution in [0.5, 0.6) is 0 Å². The Morgan fingerprint density at radius 3 is 0.750 bits per heavy atom. The molecule has 0 spiro atoms. The van der Waals surface area contributed by atoms with E-state index in [1.165, 1.54) is 0 Å². The summed E-state index contributed by atoms with van der Waals surface area (Å²) in [4.78, 5) is 8.56. The van der Waals surface area contributed by atoms with E-state index in [4.69, 9.17) is 50.1 Å². The van der Waals surface area contributed by atoms with Crippen molar-refractivity contribution in [2.24, 2.45) is 0 Å². The van der Waals surface area contributed by atoms with Crippen LogP contribution in [0, 0.1) is 0 Å². The molecule has 0 unspecified atom stereocenters. The molecule has 0 aromatic carbocycles. The van der Waals surface area contributed by atoms with Gasteiger partial charge >= 0.3 is 86.1 Å². The Bertz CT molecular complexity index is 297. The molecule has 0 saturated carbocycles. The van der Waals surface area contributed by atoms with Gasteiger partial charge in [-0.2, -0.15) is 16.8 Å². The maximum absolute atomic E-state index is 8.74. The summed E-state index contributed by atoms with van der Waals surface area (Å²) in [6.45, 7) is 0. The second-order valence-corrected chi connectivity index (χ2v) is 2.97. The molecule has 0 aliphatic heterocycles. The van der Waals surface area contributed by atoms with Gasteiger partial charge in [0, 0.05) is 0 Å². The van der Waals surface area contributed by atoms with Crippen molar-refractivity contribution in [3.63, 3.8) is 0 Å². The van der Waals surface area contributed by atoms with Crippen molar-refractivity contribution >= 4 is 27.0 Å². The zero-order valence-corrected chi connectivity index (χ0v) is 13.7. The molecule has 0 radical (unpaired) electrons. The van der Waals surface area contributed by atoms with Crippen LogP contribution in [0.15, 0.2) is 0 Å². The van der Waals surface area contributed by atoms with Crippen molar-refractivity contribution in [3.8, 4) is 0 Å². The minimum absolute atomic E-state index is 0. The smallest absolute Gasteiger partial charge is 1.00 e. The quantitative estimate of drug-likeness (QED) is 0.183. The fourth-order valence-corrected chi connectivity index (χ4v) is 0. The van der Waals surface area contributed by atoms with Gasteiger partial charge in [0.1, 0.15) is 0 Å². The van der Waals surface area contributed by atoms with Crippen molar-refractivity contribution < 1.29 is 112 Å². The topological polar surface area (TPSA) is 207 Å². The van der Waals surface area contributed by atoms with Crippen LogP contribution in [0.1, 0.15) is 2.85 Å². The van der Waals surface area contributed by atoms with Gasteiger partial charge in [-0.1, -0.05) is 0 Å². The summed E-state index contributed by atoms with van der Waals surface area (Å²) < 4.78 is 63.2.